The molecule has 3 N–H and O–H groups in total. The number of carbonyl (C=O) groups excluding carboxylic acids is 1. The molecular formula is C19H21N3O3S. The maximum atomic E-state index is 11.9. The SMILES string of the molecule is COc1ccc(/C=C/C(=O)NNC(=S)NCc2ccccc2)cc1OC. The molecule has 0 unspecified atom stereocenters. The Bertz CT molecular complexity index is 779. The fourth-order valence-electron chi connectivity index (χ4n) is 2.11. The van der Waals surface area contributed by atoms with Gasteiger partial charge < -0.3 is 14.8 Å². The summed E-state index contributed by atoms with van der Waals surface area (Å²) in [5, 5.41) is 3.34. The number of methoxy groups -OCH3 is 2. The minimum Gasteiger partial charge on any atom is -0.493 e. The van der Waals surface area contributed by atoms with Crippen LogP contribution in [0.15, 0.2) is 54.6 Å². The summed E-state index contributed by atoms with van der Waals surface area (Å²) >= 11 is 5.12. The lowest BCUT2D eigenvalue weighted by molar-refractivity contribution is -0.116. The summed E-state index contributed by atoms with van der Waals surface area (Å²) in [6.45, 7) is 0.573. The van der Waals surface area contributed by atoms with E-state index in [4.69, 9.17) is 21.7 Å². The second-order valence-corrected chi connectivity index (χ2v) is 5.64. The van der Waals surface area contributed by atoms with Crippen molar-refractivity contribution in [3.63, 3.8) is 0 Å². The lowest BCUT2D eigenvalue weighted by Crippen LogP contribution is -2.45. The number of rotatable bonds is 6. The number of carbonyl (C=O) groups is 1. The highest BCUT2D eigenvalue weighted by Gasteiger charge is 2.03. The minimum absolute atomic E-state index is 0.330. The molecule has 7 heteroatoms. The zero-order chi connectivity index (χ0) is 18.8. The van der Waals surface area contributed by atoms with Crippen LogP contribution in [0.5, 0.6) is 11.5 Å². The lowest BCUT2D eigenvalue weighted by atomic mass is 10.2. The molecule has 6 nitrogen and oxygen atoms in total. The summed E-state index contributed by atoms with van der Waals surface area (Å²) in [6, 6.07) is 15.2. The van der Waals surface area contributed by atoms with Crippen molar-refractivity contribution in [2.45, 2.75) is 6.54 Å². The molecule has 0 fully saturated rings. The molecule has 0 aliphatic carbocycles. The highest BCUT2D eigenvalue weighted by atomic mass is 32.1. The second kappa shape index (κ2) is 10.0. The molecule has 0 aliphatic rings. The van der Waals surface area contributed by atoms with Crippen molar-refractivity contribution in [2.75, 3.05) is 14.2 Å². The van der Waals surface area contributed by atoms with Gasteiger partial charge in [-0.3, -0.25) is 15.6 Å². The van der Waals surface area contributed by atoms with E-state index < -0.39 is 0 Å². The second-order valence-electron chi connectivity index (χ2n) is 5.23. The third-order valence-electron chi connectivity index (χ3n) is 3.43. The van der Waals surface area contributed by atoms with Crippen LogP contribution in [0.4, 0.5) is 0 Å². The Hall–Kier alpha value is -3.06. The topological polar surface area (TPSA) is 71.6 Å². The number of nitrogens with one attached hydrogen (secondary N) is 3. The van der Waals surface area contributed by atoms with Crippen LogP contribution in [0, 0.1) is 0 Å². The number of thiocarbonyl (C=S) groups is 1. The van der Waals surface area contributed by atoms with Gasteiger partial charge in [0.2, 0.25) is 0 Å². The van der Waals surface area contributed by atoms with Crippen molar-refractivity contribution in [1.82, 2.24) is 16.2 Å². The molecule has 1 amide bonds. The van der Waals surface area contributed by atoms with Crippen LogP contribution in [-0.2, 0) is 11.3 Å². The molecule has 0 aliphatic heterocycles. The highest BCUT2D eigenvalue weighted by molar-refractivity contribution is 7.80. The number of ether oxygens (including phenoxy) is 2. The van der Waals surface area contributed by atoms with Crippen LogP contribution in [0.25, 0.3) is 6.08 Å². The van der Waals surface area contributed by atoms with E-state index in [0.29, 0.717) is 23.2 Å². The van der Waals surface area contributed by atoms with Gasteiger partial charge in [0.1, 0.15) is 0 Å². The zero-order valence-corrected chi connectivity index (χ0v) is 15.4. The van der Waals surface area contributed by atoms with Crippen LogP contribution in [0.1, 0.15) is 11.1 Å². The van der Waals surface area contributed by atoms with Crippen LogP contribution < -0.4 is 25.6 Å². The van der Waals surface area contributed by atoms with Gasteiger partial charge in [-0.25, -0.2) is 0 Å². The number of hydrogen-bond acceptors (Lipinski definition) is 4. The Morgan fingerprint density at radius 2 is 1.77 bits per heavy atom. The molecule has 0 bridgehead atoms. The maximum Gasteiger partial charge on any atom is 0.262 e. The van der Waals surface area contributed by atoms with Crippen LogP contribution >= 0.6 is 12.2 Å². The van der Waals surface area contributed by atoms with Crippen LogP contribution in [0.2, 0.25) is 0 Å². The first-order valence-corrected chi connectivity index (χ1v) is 8.31. The Morgan fingerprint density at radius 1 is 1.04 bits per heavy atom. The Kier molecular flexibility index (Phi) is 7.45. The van der Waals surface area contributed by atoms with Crippen molar-refractivity contribution in [3.8, 4) is 11.5 Å². The first-order chi connectivity index (χ1) is 12.6. The predicted molar refractivity (Wildman–Crippen MR) is 106 cm³/mol. The smallest absolute Gasteiger partial charge is 0.262 e. The Morgan fingerprint density at radius 3 is 2.46 bits per heavy atom. The molecule has 0 spiro atoms. The van der Waals surface area contributed by atoms with Gasteiger partial charge in [0, 0.05) is 12.6 Å². The molecule has 0 radical (unpaired) electrons. The third kappa shape index (κ3) is 6.10. The number of benzene rings is 2. The molecule has 136 valence electrons. The van der Waals surface area contributed by atoms with Gasteiger partial charge in [-0.05, 0) is 41.6 Å². The van der Waals surface area contributed by atoms with E-state index >= 15 is 0 Å². The van der Waals surface area contributed by atoms with Crippen molar-refractivity contribution in [2.24, 2.45) is 0 Å². The summed E-state index contributed by atoms with van der Waals surface area (Å²) < 4.78 is 10.4. The molecule has 26 heavy (non-hydrogen) atoms. The number of hydrogen-bond donors (Lipinski definition) is 3. The summed E-state index contributed by atoms with van der Waals surface area (Å²) in [5.74, 6) is 0.897. The standard InChI is InChI=1S/C19H21N3O3S/c1-24-16-10-8-14(12-17(16)25-2)9-11-18(23)21-22-19(26)20-13-15-6-4-3-5-7-15/h3-12H,13H2,1-2H3,(H,21,23)(H2,20,22,26)/b11-9+. The average molecular weight is 371 g/mol. The zero-order valence-electron chi connectivity index (χ0n) is 14.6. The van der Waals surface area contributed by atoms with Gasteiger partial charge >= 0.3 is 0 Å². The predicted octanol–water partition coefficient (Wildman–Crippen LogP) is 2.41. The van der Waals surface area contributed by atoms with E-state index in [2.05, 4.69) is 16.2 Å². The minimum atomic E-state index is -0.330. The van der Waals surface area contributed by atoms with Gasteiger partial charge in [-0.15, -0.1) is 0 Å². The highest BCUT2D eigenvalue weighted by Crippen LogP contribution is 2.27. The number of hydrazine groups is 1. The Labute approximate surface area is 158 Å². The maximum absolute atomic E-state index is 11.9. The van der Waals surface area contributed by atoms with E-state index in [1.807, 2.05) is 36.4 Å². The number of amides is 1. The van der Waals surface area contributed by atoms with E-state index in [9.17, 15) is 4.79 Å². The summed E-state index contributed by atoms with van der Waals surface area (Å²) in [7, 11) is 3.13. The van der Waals surface area contributed by atoms with Crippen molar-refractivity contribution in [1.29, 1.82) is 0 Å². The molecule has 0 saturated carbocycles. The fourth-order valence-corrected chi connectivity index (χ4v) is 2.23. The van der Waals surface area contributed by atoms with Crippen molar-refractivity contribution in [3.05, 3.63) is 65.7 Å². The summed E-state index contributed by atoms with van der Waals surface area (Å²) in [4.78, 5) is 11.9. The van der Waals surface area contributed by atoms with E-state index in [1.54, 1.807) is 32.4 Å². The average Bonchev–Trinajstić information content (AvgIpc) is 2.69. The molecule has 0 aromatic heterocycles. The lowest BCUT2D eigenvalue weighted by Gasteiger charge is -2.10. The van der Waals surface area contributed by atoms with Crippen molar-refractivity contribution >= 4 is 29.3 Å². The van der Waals surface area contributed by atoms with Crippen LogP contribution in [-0.4, -0.2) is 25.2 Å². The first kappa shape index (κ1) is 19.3. The largest absolute Gasteiger partial charge is 0.493 e. The van der Waals surface area contributed by atoms with Crippen LogP contribution in [0.3, 0.4) is 0 Å². The van der Waals surface area contributed by atoms with Crippen molar-refractivity contribution < 1.29 is 14.3 Å². The van der Waals surface area contributed by atoms with Gasteiger partial charge in [0.05, 0.1) is 14.2 Å². The monoisotopic (exact) mass is 371 g/mol. The van der Waals surface area contributed by atoms with Gasteiger partial charge in [0.25, 0.3) is 5.91 Å². The molecule has 2 aromatic carbocycles. The molecule has 2 rings (SSSR count). The molecular weight excluding hydrogens is 350 g/mol. The van der Waals surface area contributed by atoms with Gasteiger partial charge in [-0.2, -0.15) is 0 Å². The van der Waals surface area contributed by atoms with Gasteiger partial charge in [-0.1, -0.05) is 36.4 Å². The van der Waals surface area contributed by atoms with Gasteiger partial charge in [0.15, 0.2) is 16.6 Å². The summed E-state index contributed by atoms with van der Waals surface area (Å²) in [5.41, 5.74) is 7.06. The third-order valence-corrected chi connectivity index (χ3v) is 3.68. The fraction of sp³-hybridized carbons (Fsp3) is 0.158. The first-order valence-electron chi connectivity index (χ1n) is 7.90. The summed E-state index contributed by atoms with van der Waals surface area (Å²) in [6.07, 6.45) is 3.06. The molecule has 0 atom stereocenters. The Balaban J connectivity index is 1.79. The molecule has 2 aromatic rings. The van der Waals surface area contributed by atoms with E-state index in [0.717, 1.165) is 11.1 Å². The normalized spacial score (nSPS) is 10.2. The molecule has 0 heterocycles. The van der Waals surface area contributed by atoms with E-state index in [1.165, 1.54) is 6.08 Å². The quantitative estimate of drug-likeness (QED) is 0.412. The van der Waals surface area contributed by atoms with E-state index in [-0.39, 0.29) is 5.91 Å². The molecule has 0 saturated heterocycles.